The first-order chi connectivity index (χ1) is 19.6. The molecule has 2 bridgehead atoms. The maximum Gasteiger partial charge on any atom is 0.338 e. The Hall–Kier alpha value is -3.08. The third kappa shape index (κ3) is 2.84. The van der Waals surface area contributed by atoms with Crippen LogP contribution in [0.4, 0.5) is 0 Å². The molecule has 4 saturated heterocycles. The fourth-order valence-corrected chi connectivity index (χ4v) is 9.17. The molecular weight excluding hydrogens is 538 g/mol. The highest BCUT2D eigenvalue weighted by Crippen LogP contribution is 2.78. The van der Waals surface area contributed by atoms with Gasteiger partial charge in [-0.25, -0.2) is 4.79 Å². The van der Waals surface area contributed by atoms with Crippen LogP contribution in [0.1, 0.15) is 32.4 Å². The molecule has 1 aromatic rings. The van der Waals surface area contributed by atoms with E-state index in [4.69, 9.17) is 30.1 Å². The average Bonchev–Trinajstić information content (AvgIpc) is 3.55. The van der Waals surface area contributed by atoms with E-state index in [1.165, 1.54) is 6.92 Å². The van der Waals surface area contributed by atoms with Gasteiger partial charge in [-0.1, -0.05) is 19.4 Å². The number of hydrogen-bond donors (Lipinski definition) is 3. The van der Waals surface area contributed by atoms with Crippen molar-refractivity contribution in [1.82, 2.24) is 4.98 Å². The lowest BCUT2D eigenvalue weighted by Gasteiger charge is -2.60. The van der Waals surface area contributed by atoms with Gasteiger partial charge in [0, 0.05) is 18.0 Å². The van der Waals surface area contributed by atoms with Crippen LogP contribution in [0, 0.1) is 46.8 Å². The van der Waals surface area contributed by atoms with Crippen molar-refractivity contribution in [2.75, 3.05) is 0 Å². The molecule has 6 aliphatic rings. The molecule has 7 rings (SSSR count). The summed E-state index contributed by atoms with van der Waals surface area (Å²) in [4.78, 5) is 44.3. The van der Waals surface area contributed by atoms with Gasteiger partial charge in [-0.3, -0.25) is 14.6 Å². The van der Waals surface area contributed by atoms with Gasteiger partial charge in [-0.2, -0.15) is 0 Å². The van der Waals surface area contributed by atoms with Crippen LogP contribution >= 0.6 is 0 Å². The average molecular weight is 570 g/mol. The number of pyridine rings is 1. The molecule has 0 radical (unpaired) electrons. The third-order valence-electron chi connectivity index (χ3n) is 10.6. The zero-order chi connectivity index (χ0) is 29.1. The number of hydrogen-bond acceptors (Lipinski definition) is 12. The Morgan fingerprint density at radius 1 is 1.07 bits per heavy atom. The van der Waals surface area contributed by atoms with Gasteiger partial charge in [0.05, 0.1) is 41.3 Å². The lowest BCUT2D eigenvalue weighted by Crippen LogP contribution is -2.79. The molecule has 14 atom stereocenters. The molecule has 2 saturated carbocycles. The molecule has 6 fully saturated rings. The number of esters is 3. The van der Waals surface area contributed by atoms with Gasteiger partial charge >= 0.3 is 17.9 Å². The van der Waals surface area contributed by atoms with Crippen molar-refractivity contribution in [2.24, 2.45) is 34.5 Å². The van der Waals surface area contributed by atoms with Crippen LogP contribution in [-0.2, 0) is 44.7 Å². The van der Waals surface area contributed by atoms with Crippen LogP contribution in [0.3, 0.4) is 0 Å². The molecule has 4 aliphatic heterocycles. The van der Waals surface area contributed by atoms with E-state index in [1.807, 2.05) is 6.92 Å². The lowest BCUT2D eigenvalue weighted by molar-refractivity contribution is -0.303. The van der Waals surface area contributed by atoms with Crippen molar-refractivity contribution in [1.29, 1.82) is 0 Å². The van der Waals surface area contributed by atoms with Crippen LogP contribution in [0.2, 0.25) is 0 Å². The number of aliphatic hydroxyl groups is 3. The van der Waals surface area contributed by atoms with Crippen molar-refractivity contribution in [3.8, 4) is 12.3 Å². The second-order valence-corrected chi connectivity index (χ2v) is 12.0. The summed E-state index contributed by atoms with van der Waals surface area (Å²) in [6, 6.07) is 5.19. The number of aliphatic hydroxyl groups excluding tert-OH is 2. The van der Waals surface area contributed by atoms with Crippen molar-refractivity contribution in [2.45, 2.75) is 81.8 Å². The van der Waals surface area contributed by atoms with Gasteiger partial charge < -0.3 is 39.0 Å². The maximum atomic E-state index is 13.6. The summed E-state index contributed by atoms with van der Waals surface area (Å²) in [6.45, 7) is 3.19. The number of carbonyl (C=O) groups excluding carboxylic acids is 3. The van der Waals surface area contributed by atoms with Crippen molar-refractivity contribution >= 4 is 17.9 Å². The van der Waals surface area contributed by atoms with E-state index >= 15 is 0 Å². The van der Waals surface area contributed by atoms with E-state index in [0.29, 0.717) is 18.5 Å². The van der Waals surface area contributed by atoms with Crippen LogP contribution in [0.5, 0.6) is 0 Å². The zero-order valence-electron chi connectivity index (χ0n) is 22.4. The SMILES string of the molecule is C#CC(CCC)[C@@H]1[C@@H](O)C2OC(=O)C3C4OC5OC(=O)[C@H](OCc6ccccn6)C51C42[C@@H](O)C1OC(=O)[C@@H](C)[C@]31O. The Morgan fingerprint density at radius 3 is 2.51 bits per heavy atom. The number of fused-ring (bicyclic) bond motifs is 2. The number of rotatable bonds is 6. The van der Waals surface area contributed by atoms with Crippen molar-refractivity contribution in [3.63, 3.8) is 0 Å². The van der Waals surface area contributed by atoms with E-state index < -0.39 is 101 Å². The molecule has 5 heterocycles. The third-order valence-corrected chi connectivity index (χ3v) is 10.6. The molecule has 2 aliphatic carbocycles. The predicted molar refractivity (Wildman–Crippen MR) is 133 cm³/mol. The monoisotopic (exact) mass is 569 g/mol. The normalized spacial score (nSPS) is 49.3. The maximum absolute atomic E-state index is 13.6. The summed E-state index contributed by atoms with van der Waals surface area (Å²) in [5.74, 6) is -4.16. The zero-order valence-corrected chi connectivity index (χ0v) is 22.4. The molecule has 2 spiro atoms. The molecule has 218 valence electrons. The fourth-order valence-electron chi connectivity index (χ4n) is 9.17. The smallest absolute Gasteiger partial charge is 0.338 e. The predicted octanol–water partition coefficient (Wildman–Crippen LogP) is -0.530. The molecule has 0 amide bonds. The first-order valence-corrected chi connectivity index (χ1v) is 13.9. The van der Waals surface area contributed by atoms with Gasteiger partial charge in [0.25, 0.3) is 0 Å². The second kappa shape index (κ2) is 8.72. The van der Waals surface area contributed by atoms with E-state index in [1.54, 1.807) is 24.4 Å². The standard InChI is InChI=1S/C29H31NO11/c1-4-8-13(5-2)15-17(31)20-28-18(32)21-29(36,12(3)23(33)39-21)16(24(34)38-20)19(28)40-26-27(15,28)22(25(35)41-26)37-11-14-9-6-7-10-30-14/h2,6-7,9-10,12-13,15-22,26,31-32,36H,4,8,11H2,1,3H3/t12-,13?,15-,16?,17-,18+,19?,20?,21?,22+,26?,27?,28?,29+/m1/s1. The van der Waals surface area contributed by atoms with Crippen LogP contribution in [-0.4, -0.2) is 86.7 Å². The summed E-state index contributed by atoms with van der Waals surface area (Å²) in [6.07, 6.45) is -1.75. The molecule has 8 unspecified atom stereocenters. The van der Waals surface area contributed by atoms with Crippen molar-refractivity contribution < 1.29 is 53.4 Å². The van der Waals surface area contributed by atoms with Gasteiger partial charge in [0.1, 0.15) is 23.7 Å². The summed E-state index contributed by atoms with van der Waals surface area (Å²) in [5.41, 5.74) is -5.14. The van der Waals surface area contributed by atoms with Gasteiger partial charge in [0.2, 0.25) is 6.29 Å². The van der Waals surface area contributed by atoms with Gasteiger partial charge in [-0.05, 0) is 25.5 Å². The van der Waals surface area contributed by atoms with Gasteiger partial charge in [-0.15, -0.1) is 12.3 Å². The van der Waals surface area contributed by atoms with Crippen LogP contribution in [0.15, 0.2) is 24.4 Å². The topological polar surface area (TPSA) is 171 Å². The molecule has 12 nitrogen and oxygen atoms in total. The molecule has 41 heavy (non-hydrogen) atoms. The molecular formula is C29H31NO11. The summed E-state index contributed by atoms with van der Waals surface area (Å²) >= 11 is 0. The first kappa shape index (κ1) is 26.8. The van der Waals surface area contributed by atoms with Crippen LogP contribution < -0.4 is 0 Å². The summed E-state index contributed by atoms with van der Waals surface area (Å²) in [5, 5.41) is 36.1. The number of ether oxygens (including phenoxy) is 5. The Labute approximate surface area is 235 Å². The fraction of sp³-hybridized carbons (Fsp3) is 0.655. The van der Waals surface area contributed by atoms with E-state index in [2.05, 4.69) is 10.9 Å². The minimum atomic E-state index is -2.18. The Bertz CT molecular complexity index is 1350. The number of terminal acetylenes is 1. The highest BCUT2D eigenvalue weighted by Gasteiger charge is 2.95. The number of carbonyl (C=O) groups is 3. The molecule has 0 aromatic carbocycles. The number of nitrogens with zero attached hydrogens (tertiary/aromatic N) is 1. The van der Waals surface area contributed by atoms with Crippen LogP contribution in [0.25, 0.3) is 0 Å². The van der Waals surface area contributed by atoms with E-state index in [9.17, 15) is 29.7 Å². The highest BCUT2D eigenvalue weighted by molar-refractivity contribution is 5.85. The minimum Gasteiger partial charge on any atom is -0.458 e. The lowest BCUT2D eigenvalue weighted by atomic mass is 9.46. The van der Waals surface area contributed by atoms with Gasteiger partial charge in [0.15, 0.2) is 12.2 Å². The molecule has 1 aromatic heterocycles. The quantitative estimate of drug-likeness (QED) is 0.228. The minimum absolute atomic E-state index is 0.128. The molecule has 3 N–H and O–H groups in total. The first-order valence-electron chi connectivity index (χ1n) is 13.9. The highest BCUT2D eigenvalue weighted by atomic mass is 16.7. The van der Waals surface area contributed by atoms with E-state index in [0.717, 1.165) is 0 Å². The summed E-state index contributed by atoms with van der Waals surface area (Å²) < 4.78 is 29.8. The Kier molecular flexibility index (Phi) is 5.70. The Morgan fingerprint density at radius 2 is 1.83 bits per heavy atom. The van der Waals surface area contributed by atoms with E-state index in [-0.39, 0.29) is 6.61 Å². The molecule has 12 heteroatoms. The second-order valence-electron chi connectivity index (χ2n) is 12.0. The summed E-state index contributed by atoms with van der Waals surface area (Å²) in [7, 11) is 0. The van der Waals surface area contributed by atoms with Crippen molar-refractivity contribution in [3.05, 3.63) is 30.1 Å². The largest absolute Gasteiger partial charge is 0.458 e. The number of aromatic nitrogens is 1. The Balaban J connectivity index is 1.46.